The fraction of sp³-hybridized carbons (Fsp3) is 0.500. The van der Waals surface area contributed by atoms with E-state index >= 15 is 0 Å². The Balaban J connectivity index is 1.09. The first kappa shape index (κ1) is 56.9. The van der Waals surface area contributed by atoms with Gasteiger partial charge in [0.05, 0.1) is 71.6 Å². The molecule has 400 valence electrons. The summed E-state index contributed by atoms with van der Waals surface area (Å²) in [6.45, 7) is 8.39. The average molecular weight is 1020 g/mol. The van der Waals surface area contributed by atoms with E-state index in [9.17, 15) is 9.90 Å². The summed E-state index contributed by atoms with van der Waals surface area (Å²) < 4.78 is 53.2. The second-order valence-electron chi connectivity index (χ2n) is 19.6. The third-order valence-electron chi connectivity index (χ3n) is 13.8. The van der Waals surface area contributed by atoms with Crippen molar-refractivity contribution in [3.05, 3.63) is 179 Å². The number of carbonyl (C=O) groups excluding carboxylic acids is 1. The number of hydrogen-bond acceptors (Lipinski definition) is 11. The Morgan fingerprint density at radius 1 is 0.581 bits per heavy atom. The van der Waals surface area contributed by atoms with Crippen LogP contribution >= 0.6 is 0 Å². The number of nitrogens with zero attached hydrogens (tertiary/aromatic N) is 1. The van der Waals surface area contributed by atoms with Gasteiger partial charge in [0.25, 0.3) is 0 Å². The number of carbonyl (C=O) groups is 1. The Kier molecular flexibility index (Phi) is 25.6. The minimum absolute atomic E-state index is 0.0534. The van der Waals surface area contributed by atoms with Crippen LogP contribution in [0, 0.1) is 0 Å². The van der Waals surface area contributed by atoms with E-state index in [1.165, 1.54) is 25.7 Å². The maximum atomic E-state index is 14.0. The number of unbranched alkanes of at least 4 members (excludes halogenated alkanes) is 7. The van der Waals surface area contributed by atoms with Crippen molar-refractivity contribution in [1.29, 1.82) is 0 Å². The van der Waals surface area contributed by atoms with E-state index in [2.05, 4.69) is 10.2 Å². The van der Waals surface area contributed by atoms with E-state index in [-0.39, 0.29) is 38.9 Å². The fourth-order valence-corrected chi connectivity index (χ4v) is 9.58. The molecule has 12 heteroatoms. The number of aliphatic hydroxyl groups excluding tert-OH is 1. The van der Waals surface area contributed by atoms with E-state index in [1.807, 2.05) is 159 Å². The number of rotatable bonds is 34. The molecule has 5 aromatic rings. The van der Waals surface area contributed by atoms with Gasteiger partial charge in [-0.1, -0.05) is 197 Å². The molecule has 2 aliphatic heterocycles. The van der Waals surface area contributed by atoms with Crippen LogP contribution in [0.4, 0.5) is 0 Å². The van der Waals surface area contributed by atoms with E-state index in [0.717, 1.165) is 86.3 Å². The highest BCUT2D eigenvalue weighted by Gasteiger charge is 2.49. The van der Waals surface area contributed by atoms with Gasteiger partial charge < -0.3 is 48.3 Å². The monoisotopic (exact) mass is 1010 g/mol. The first-order valence-corrected chi connectivity index (χ1v) is 27.3. The summed E-state index contributed by atoms with van der Waals surface area (Å²) in [6, 6.07) is 49.2. The van der Waals surface area contributed by atoms with Gasteiger partial charge in [-0.3, -0.25) is 9.69 Å². The van der Waals surface area contributed by atoms with Gasteiger partial charge in [-0.15, -0.1) is 0 Å². The molecule has 7 rings (SSSR count). The molecule has 0 saturated carbocycles. The summed E-state index contributed by atoms with van der Waals surface area (Å²) in [7, 11) is 0. The molecule has 0 spiro atoms. The topological polar surface area (TPSA) is 126 Å². The molecule has 1 amide bonds. The van der Waals surface area contributed by atoms with Crippen LogP contribution in [-0.2, 0) is 75.7 Å². The van der Waals surface area contributed by atoms with Gasteiger partial charge in [0, 0.05) is 19.5 Å². The minimum Gasteiger partial charge on any atom is -0.390 e. The van der Waals surface area contributed by atoms with Crippen molar-refractivity contribution in [2.24, 2.45) is 0 Å². The number of benzene rings is 5. The van der Waals surface area contributed by atoms with Crippen molar-refractivity contribution in [1.82, 2.24) is 10.2 Å². The molecule has 2 aliphatic rings. The first-order chi connectivity index (χ1) is 36.5. The Hall–Kier alpha value is -4.83. The zero-order valence-electron chi connectivity index (χ0n) is 43.7. The molecule has 2 heterocycles. The lowest BCUT2D eigenvalue weighted by Crippen LogP contribution is -2.62. The van der Waals surface area contributed by atoms with Crippen LogP contribution in [0.3, 0.4) is 0 Å². The van der Waals surface area contributed by atoms with Crippen molar-refractivity contribution in [2.45, 2.75) is 153 Å². The smallest absolute Gasteiger partial charge is 0.220 e. The fourth-order valence-electron chi connectivity index (χ4n) is 9.58. The third kappa shape index (κ3) is 20.0. The van der Waals surface area contributed by atoms with E-state index < -0.39 is 49.0 Å². The maximum Gasteiger partial charge on any atom is 0.220 e. The molecule has 2 N–H and O–H groups in total. The van der Waals surface area contributed by atoms with Gasteiger partial charge in [0.1, 0.15) is 30.5 Å². The second-order valence-corrected chi connectivity index (χ2v) is 19.6. The molecule has 0 aliphatic carbocycles. The summed E-state index contributed by atoms with van der Waals surface area (Å²) in [6.07, 6.45) is 4.08. The molecule has 5 unspecified atom stereocenters. The predicted molar refractivity (Wildman–Crippen MR) is 288 cm³/mol. The largest absolute Gasteiger partial charge is 0.390 e. The SMILES string of the molecule is CC[C@@H](O)[C@@H](OCc1ccccc1)[C@H](COC1OC(COCc2ccccc2)C(OCc2ccccc2)C(OCc2ccccc2)C1OCc1ccccc1)NC(=O)CCCCCCCCCCN1CCOCC1. The molecule has 0 bridgehead atoms. The van der Waals surface area contributed by atoms with Gasteiger partial charge in [-0.05, 0) is 53.6 Å². The molecule has 74 heavy (non-hydrogen) atoms. The first-order valence-electron chi connectivity index (χ1n) is 27.3. The lowest BCUT2D eigenvalue weighted by atomic mass is 9.97. The van der Waals surface area contributed by atoms with Gasteiger partial charge in [0.15, 0.2) is 6.29 Å². The molecule has 8 atom stereocenters. The molecule has 2 fully saturated rings. The lowest BCUT2D eigenvalue weighted by Gasteiger charge is -2.46. The van der Waals surface area contributed by atoms with Gasteiger partial charge >= 0.3 is 0 Å². The highest BCUT2D eigenvalue weighted by Crippen LogP contribution is 2.32. The van der Waals surface area contributed by atoms with Crippen LogP contribution in [0.1, 0.15) is 98.9 Å². The van der Waals surface area contributed by atoms with Crippen molar-refractivity contribution in [2.75, 3.05) is 46.1 Å². The van der Waals surface area contributed by atoms with Crippen LogP contribution in [-0.4, -0.2) is 111 Å². The molecule has 2 saturated heterocycles. The van der Waals surface area contributed by atoms with Crippen molar-refractivity contribution in [3.8, 4) is 0 Å². The van der Waals surface area contributed by atoms with Crippen molar-refractivity contribution < 1.29 is 47.8 Å². The van der Waals surface area contributed by atoms with Crippen molar-refractivity contribution >= 4 is 5.91 Å². The maximum absolute atomic E-state index is 14.0. The number of nitrogens with one attached hydrogen (secondary N) is 1. The molecule has 0 radical (unpaired) electrons. The third-order valence-corrected chi connectivity index (χ3v) is 13.8. The standard InChI is InChI=1S/C62H82N2O10/c1-2-55(65)58(69-43-50-28-16-10-17-29-50)54(63-57(66)36-24-7-5-3-4-6-8-25-37-64-38-40-67-41-39-64)47-73-62-61(72-46-53-34-22-13-23-35-53)60(71-45-52-32-20-12-21-33-52)59(70-44-51-30-18-11-19-31-51)56(74-62)48-68-42-49-26-14-9-15-27-49/h9-23,26-35,54-56,58-62,65H,2-8,24-25,36-48H2,1H3,(H,63,66)/t54-,55+,56?,58-,59?,60?,61?,62?/m0/s1. The molecule has 12 nitrogen and oxygen atoms in total. The lowest BCUT2D eigenvalue weighted by molar-refractivity contribution is -0.330. The number of amides is 1. The highest BCUT2D eigenvalue weighted by atomic mass is 16.7. The quantitative estimate of drug-likeness (QED) is 0.0383. The second kappa shape index (κ2) is 33.3. The van der Waals surface area contributed by atoms with Crippen LogP contribution in [0.5, 0.6) is 0 Å². The van der Waals surface area contributed by atoms with Crippen LogP contribution < -0.4 is 5.32 Å². The molecular formula is C62H82N2O10. The zero-order chi connectivity index (χ0) is 51.3. The van der Waals surface area contributed by atoms with Gasteiger partial charge in [-0.2, -0.15) is 0 Å². The van der Waals surface area contributed by atoms with Crippen LogP contribution in [0.25, 0.3) is 0 Å². The summed E-state index contributed by atoms with van der Waals surface area (Å²) in [5.74, 6) is -0.120. The minimum atomic E-state index is -1.02. The number of ether oxygens (including phenoxy) is 8. The van der Waals surface area contributed by atoms with Crippen LogP contribution in [0.15, 0.2) is 152 Å². The number of morpholine rings is 1. The highest BCUT2D eigenvalue weighted by molar-refractivity contribution is 5.76. The molecule has 0 aromatic heterocycles. The van der Waals surface area contributed by atoms with Crippen molar-refractivity contribution in [3.63, 3.8) is 0 Å². The molecule has 5 aromatic carbocycles. The normalized spacial score (nSPS) is 20.4. The Bertz CT molecular complexity index is 2210. The van der Waals surface area contributed by atoms with Gasteiger partial charge in [-0.25, -0.2) is 0 Å². The van der Waals surface area contributed by atoms with E-state index in [0.29, 0.717) is 26.1 Å². The zero-order valence-corrected chi connectivity index (χ0v) is 43.7. The Labute approximate surface area is 441 Å². The molecular weight excluding hydrogens is 933 g/mol. The summed E-state index contributed by atoms with van der Waals surface area (Å²) in [5, 5.41) is 15.0. The van der Waals surface area contributed by atoms with Crippen LogP contribution in [0.2, 0.25) is 0 Å². The summed E-state index contributed by atoms with van der Waals surface area (Å²) in [5.41, 5.74) is 4.93. The van der Waals surface area contributed by atoms with Gasteiger partial charge in [0.2, 0.25) is 5.91 Å². The number of hydrogen-bond donors (Lipinski definition) is 2. The summed E-state index contributed by atoms with van der Waals surface area (Å²) in [4.78, 5) is 16.5. The summed E-state index contributed by atoms with van der Waals surface area (Å²) >= 11 is 0. The van der Waals surface area contributed by atoms with E-state index in [1.54, 1.807) is 0 Å². The number of aliphatic hydroxyl groups is 1. The van der Waals surface area contributed by atoms with E-state index in [4.69, 9.17) is 37.9 Å². The Morgan fingerprint density at radius 3 is 1.57 bits per heavy atom. The Morgan fingerprint density at radius 2 is 1.04 bits per heavy atom. The average Bonchev–Trinajstić information content (AvgIpc) is 3.45. The predicted octanol–water partition coefficient (Wildman–Crippen LogP) is 10.4.